The Hall–Kier alpha value is -1.31. The van der Waals surface area contributed by atoms with E-state index in [4.69, 9.17) is 4.74 Å². The summed E-state index contributed by atoms with van der Waals surface area (Å²) in [6.45, 7) is 2.30. The molecule has 1 aromatic rings. The predicted molar refractivity (Wildman–Crippen MR) is 199 cm³/mol. The maximum Gasteiger partial charge on any atom is 0.311 e. The summed E-state index contributed by atoms with van der Waals surface area (Å²) in [7, 11) is 0. The van der Waals surface area contributed by atoms with Gasteiger partial charge < -0.3 is 4.74 Å². The molecule has 2 nitrogen and oxygen atoms in total. The molecule has 0 amide bonds. The highest BCUT2D eigenvalue weighted by atomic mass is 16.5. The van der Waals surface area contributed by atoms with Gasteiger partial charge in [0.15, 0.2) is 0 Å². The standard InChI is InChI=1S/C43H78O2/c1-2-3-4-5-6-7-8-9-10-11-12-13-14-15-16-17-18-19-20-21-22-23-24-25-26-27-28-29-30-31-32-33-34-38-41-43(44)45-42-39-36-35-37-40-42/h35-37,39-40H,2-34,38,41H2,1H3. The second-order valence-corrected chi connectivity index (χ2v) is 14.2. The number of carbonyl (C=O) groups excluding carboxylic acids is 1. The Morgan fingerprint density at radius 3 is 0.889 bits per heavy atom. The van der Waals surface area contributed by atoms with Gasteiger partial charge in [0.2, 0.25) is 0 Å². The van der Waals surface area contributed by atoms with E-state index in [1.165, 1.54) is 205 Å². The summed E-state index contributed by atoms with van der Waals surface area (Å²) in [6, 6.07) is 9.40. The van der Waals surface area contributed by atoms with Crippen LogP contribution >= 0.6 is 0 Å². The van der Waals surface area contributed by atoms with Gasteiger partial charge in [-0.25, -0.2) is 0 Å². The highest BCUT2D eigenvalue weighted by Gasteiger charge is 2.04. The highest BCUT2D eigenvalue weighted by molar-refractivity contribution is 5.72. The molecule has 262 valence electrons. The van der Waals surface area contributed by atoms with Crippen LogP contribution in [0.4, 0.5) is 0 Å². The number of hydrogen-bond donors (Lipinski definition) is 0. The first-order valence-corrected chi connectivity index (χ1v) is 20.6. The molecule has 0 fully saturated rings. The molecule has 0 radical (unpaired) electrons. The van der Waals surface area contributed by atoms with Crippen LogP contribution in [0.5, 0.6) is 5.75 Å². The number of hydrogen-bond acceptors (Lipinski definition) is 2. The Labute approximate surface area is 282 Å². The van der Waals surface area contributed by atoms with Crippen LogP contribution in [-0.4, -0.2) is 5.97 Å². The monoisotopic (exact) mass is 627 g/mol. The summed E-state index contributed by atoms with van der Waals surface area (Å²) in [6.07, 6.45) is 48.9. The molecule has 0 saturated heterocycles. The maximum absolute atomic E-state index is 11.9. The summed E-state index contributed by atoms with van der Waals surface area (Å²) in [4.78, 5) is 11.9. The van der Waals surface area contributed by atoms with E-state index in [2.05, 4.69) is 6.92 Å². The normalized spacial score (nSPS) is 11.3. The molecule has 0 spiro atoms. The molecule has 0 bridgehead atoms. The molecule has 0 aliphatic rings. The molecule has 1 aromatic carbocycles. The van der Waals surface area contributed by atoms with Crippen molar-refractivity contribution in [2.75, 3.05) is 0 Å². The van der Waals surface area contributed by atoms with Crippen LogP contribution in [0.25, 0.3) is 0 Å². The number of rotatable bonds is 36. The molecule has 0 saturated carbocycles. The second-order valence-electron chi connectivity index (χ2n) is 14.2. The summed E-state index contributed by atoms with van der Waals surface area (Å²) in [5.74, 6) is 0.556. The molecular formula is C43H78O2. The summed E-state index contributed by atoms with van der Waals surface area (Å²) >= 11 is 0. The van der Waals surface area contributed by atoms with Gasteiger partial charge in [0, 0.05) is 6.42 Å². The van der Waals surface area contributed by atoms with Crippen LogP contribution in [0.2, 0.25) is 0 Å². The predicted octanol–water partition coefficient (Wildman–Crippen LogP) is 15.3. The fraction of sp³-hybridized carbons (Fsp3) is 0.837. The molecular weight excluding hydrogens is 548 g/mol. The van der Waals surface area contributed by atoms with Crippen molar-refractivity contribution in [1.29, 1.82) is 0 Å². The number of benzene rings is 1. The molecule has 0 N–H and O–H groups in total. The smallest absolute Gasteiger partial charge is 0.311 e. The zero-order chi connectivity index (χ0) is 32.1. The Balaban J connectivity index is 1.64. The minimum atomic E-state index is -0.0999. The van der Waals surface area contributed by atoms with E-state index < -0.39 is 0 Å². The van der Waals surface area contributed by atoms with Gasteiger partial charge >= 0.3 is 5.97 Å². The fourth-order valence-electron chi connectivity index (χ4n) is 6.67. The van der Waals surface area contributed by atoms with E-state index in [1.807, 2.05) is 30.3 Å². The summed E-state index contributed by atoms with van der Waals surface area (Å²) < 4.78 is 5.35. The zero-order valence-electron chi connectivity index (χ0n) is 30.5. The van der Waals surface area contributed by atoms with Crippen molar-refractivity contribution in [3.05, 3.63) is 30.3 Å². The van der Waals surface area contributed by atoms with Crippen LogP contribution in [0, 0.1) is 0 Å². The Bertz CT molecular complexity index is 699. The highest BCUT2D eigenvalue weighted by Crippen LogP contribution is 2.17. The van der Waals surface area contributed by atoms with Gasteiger partial charge in [-0.2, -0.15) is 0 Å². The lowest BCUT2D eigenvalue weighted by Gasteiger charge is -2.05. The Kier molecular flexibility index (Phi) is 32.9. The molecule has 45 heavy (non-hydrogen) atoms. The van der Waals surface area contributed by atoms with E-state index >= 15 is 0 Å². The Morgan fingerprint density at radius 1 is 0.378 bits per heavy atom. The first-order valence-electron chi connectivity index (χ1n) is 20.6. The molecule has 0 unspecified atom stereocenters. The number of esters is 1. The third-order valence-electron chi connectivity index (χ3n) is 9.71. The van der Waals surface area contributed by atoms with Gasteiger partial charge in [0.1, 0.15) is 5.75 Å². The molecule has 0 aromatic heterocycles. The molecule has 2 heteroatoms. The largest absolute Gasteiger partial charge is 0.427 e. The lowest BCUT2D eigenvalue weighted by atomic mass is 10.0. The molecule has 0 heterocycles. The maximum atomic E-state index is 11.9. The number of para-hydroxylation sites is 1. The average Bonchev–Trinajstić information content (AvgIpc) is 3.05. The van der Waals surface area contributed by atoms with Crippen molar-refractivity contribution in [3.8, 4) is 5.75 Å². The van der Waals surface area contributed by atoms with E-state index in [-0.39, 0.29) is 5.97 Å². The SMILES string of the molecule is CCCCCCCCCCCCCCCCCCCCCCCCCCCCCCCCCCCCC(=O)Oc1ccccc1. The minimum absolute atomic E-state index is 0.0999. The van der Waals surface area contributed by atoms with E-state index in [0.717, 1.165) is 12.8 Å². The van der Waals surface area contributed by atoms with Crippen molar-refractivity contribution < 1.29 is 9.53 Å². The van der Waals surface area contributed by atoms with E-state index in [9.17, 15) is 4.79 Å². The van der Waals surface area contributed by atoms with Crippen molar-refractivity contribution in [3.63, 3.8) is 0 Å². The molecule has 0 aliphatic carbocycles. The third-order valence-corrected chi connectivity index (χ3v) is 9.71. The van der Waals surface area contributed by atoms with Crippen LogP contribution in [-0.2, 0) is 4.79 Å². The van der Waals surface area contributed by atoms with Crippen LogP contribution in [0.15, 0.2) is 30.3 Å². The summed E-state index contributed by atoms with van der Waals surface area (Å²) in [5.41, 5.74) is 0. The van der Waals surface area contributed by atoms with Crippen LogP contribution < -0.4 is 4.74 Å². The van der Waals surface area contributed by atoms with Crippen LogP contribution in [0.3, 0.4) is 0 Å². The first-order chi connectivity index (χ1) is 22.3. The number of ether oxygens (including phenoxy) is 1. The molecule has 0 atom stereocenters. The topological polar surface area (TPSA) is 26.3 Å². The van der Waals surface area contributed by atoms with Crippen molar-refractivity contribution in [1.82, 2.24) is 0 Å². The minimum Gasteiger partial charge on any atom is -0.427 e. The Morgan fingerprint density at radius 2 is 0.622 bits per heavy atom. The van der Waals surface area contributed by atoms with E-state index in [0.29, 0.717) is 12.2 Å². The number of carbonyl (C=O) groups is 1. The lowest BCUT2D eigenvalue weighted by Crippen LogP contribution is -2.07. The molecule has 1 rings (SSSR count). The first kappa shape index (κ1) is 41.7. The summed E-state index contributed by atoms with van der Waals surface area (Å²) in [5, 5.41) is 0. The number of unbranched alkanes of at least 4 members (excludes halogenated alkanes) is 33. The van der Waals surface area contributed by atoms with Gasteiger partial charge in [0.25, 0.3) is 0 Å². The van der Waals surface area contributed by atoms with Gasteiger partial charge in [0.05, 0.1) is 0 Å². The van der Waals surface area contributed by atoms with Crippen molar-refractivity contribution in [2.45, 2.75) is 232 Å². The molecule has 0 aliphatic heterocycles. The van der Waals surface area contributed by atoms with E-state index in [1.54, 1.807) is 0 Å². The average molecular weight is 627 g/mol. The van der Waals surface area contributed by atoms with Gasteiger partial charge in [-0.1, -0.05) is 237 Å². The van der Waals surface area contributed by atoms with Crippen LogP contribution in [0.1, 0.15) is 232 Å². The van der Waals surface area contributed by atoms with Gasteiger partial charge in [-0.05, 0) is 18.6 Å². The quantitative estimate of drug-likeness (QED) is 0.0421. The third kappa shape index (κ3) is 32.4. The van der Waals surface area contributed by atoms with Gasteiger partial charge in [-0.3, -0.25) is 4.79 Å². The van der Waals surface area contributed by atoms with Crippen molar-refractivity contribution >= 4 is 5.97 Å². The zero-order valence-corrected chi connectivity index (χ0v) is 30.5. The van der Waals surface area contributed by atoms with Crippen molar-refractivity contribution in [2.24, 2.45) is 0 Å². The van der Waals surface area contributed by atoms with Gasteiger partial charge in [-0.15, -0.1) is 0 Å². The lowest BCUT2D eigenvalue weighted by molar-refractivity contribution is -0.134. The second kappa shape index (κ2) is 35.5. The fourth-order valence-corrected chi connectivity index (χ4v) is 6.67.